The molecule has 0 fully saturated rings. The molecule has 70 valence electrons. The normalized spacial score (nSPS) is 11.2. The molecule has 2 aromatic rings. The highest BCUT2D eigenvalue weighted by Gasteiger charge is 1.96. The molecular formula is C12H11NO. The Hall–Kier alpha value is -1.67. The number of aliphatic hydroxyl groups is 1. The van der Waals surface area contributed by atoms with Crippen molar-refractivity contribution in [1.82, 2.24) is 4.98 Å². The molecule has 0 saturated heterocycles. The van der Waals surface area contributed by atoms with E-state index < -0.39 is 0 Å². The van der Waals surface area contributed by atoms with Crippen LogP contribution in [0.25, 0.3) is 16.8 Å². The van der Waals surface area contributed by atoms with Gasteiger partial charge in [0, 0.05) is 23.3 Å². The van der Waals surface area contributed by atoms with E-state index in [1.165, 1.54) is 0 Å². The van der Waals surface area contributed by atoms with Crippen LogP contribution >= 0.6 is 0 Å². The minimum atomic E-state index is 0.0588. The highest BCUT2D eigenvalue weighted by atomic mass is 16.2. The third kappa shape index (κ3) is 1.65. The first-order valence-corrected chi connectivity index (χ1v) is 4.52. The summed E-state index contributed by atoms with van der Waals surface area (Å²) in [5.74, 6) is 0. The van der Waals surface area contributed by atoms with Gasteiger partial charge in [-0.15, -0.1) is 0 Å². The number of hydrogen-bond donors (Lipinski definition) is 1. The molecule has 0 atom stereocenters. The van der Waals surface area contributed by atoms with E-state index in [0.29, 0.717) is 0 Å². The molecular weight excluding hydrogens is 174 g/mol. The van der Waals surface area contributed by atoms with Gasteiger partial charge in [0.1, 0.15) is 0 Å². The quantitative estimate of drug-likeness (QED) is 0.778. The summed E-state index contributed by atoms with van der Waals surface area (Å²) in [6.07, 6.45) is 7.24. The zero-order valence-corrected chi connectivity index (χ0v) is 7.72. The standard InChI is InChI=1S/C12H11NO/c14-7-3-5-11-9-13-8-10-4-1-2-6-12(10)11/h1-6,8-9,14H,7H2/b5-3+. The molecule has 0 radical (unpaired) electrons. The van der Waals surface area contributed by atoms with Gasteiger partial charge in [0.05, 0.1) is 6.61 Å². The summed E-state index contributed by atoms with van der Waals surface area (Å²) < 4.78 is 0. The molecule has 1 aromatic carbocycles. The van der Waals surface area contributed by atoms with Crippen LogP contribution in [0, 0.1) is 0 Å². The van der Waals surface area contributed by atoms with Gasteiger partial charge in [-0.1, -0.05) is 36.4 Å². The van der Waals surface area contributed by atoms with Gasteiger partial charge in [-0.3, -0.25) is 4.98 Å². The fourth-order valence-electron chi connectivity index (χ4n) is 1.45. The molecule has 1 N–H and O–H groups in total. The predicted octanol–water partition coefficient (Wildman–Crippen LogP) is 2.24. The second-order valence-corrected chi connectivity index (χ2v) is 3.03. The summed E-state index contributed by atoms with van der Waals surface area (Å²) >= 11 is 0. The number of rotatable bonds is 2. The summed E-state index contributed by atoms with van der Waals surface area (Å²) in [7, 11) is 0. The van der Waals surface area contributed by atoms with Crippen molar-refractivity contribution in [1.29, 1.82) is 0 Å². The van der Waals surface area contributed by atoms with Crippen LogP contribution in [-0.4, -0.2) is 16.7 Å². The van der Waals surface area contributed by atoms with Crippen molar-refractivity contribution >= 4 is 16.8 Å². The van der Waals surface area contributed by atoms with Crippen LogP contribution in [0.15, 0.2) is 42.7 Å². The maximum atomic E-state index is 8.69. The molecule has 0 unspecified atom stereocenters. The second-order valence-electron chi connectivity index (χ2n) is 3.03. The van der Waals surface area contributed by atoms with E-state index in [2.05, 4.69) is 4.98 Å². The first-order chi connectivity index (χ1) is 6.92. The molecule has 1 aromatic heterocycles. The van der Waals surface area contributed by atoms with Crippen molar-refractivity contribution in [2.24, 2.45) is 0 Å². The zero-order valence-electron chi connectivity index (χ0n) is 7.72. The van der Waals surface area contributed by atoms with Crippen molar-refractivity contribution in [3.63, 3.8) is 0 Å². The molecule has 0 aliphatic heterocycles. The topological polar surface area (TPSA) is 33.1 Å². The van der Waals surface area contributed by atoms with Crippen LogP contribution in [0.2, 0.25) is 0 Å². The van der Waals surface area contributed by atoms with Gasteiger partial charge in [-0.2, -0.15) is 0 Å². The summed E-state index contributed by atoms with van der Waals surface area (Å²) in [6, 6.07) is 8.06. The molecule has 0 spiro atoms. The Labute approximate surface area is 82.5 Å². The highest BCUT2D eigenvalue weighted by molar-refractivity contribution is 5.89. The molecule has 0 aliphatic carbocycles. The average molecular weight is 185 g/mol. The number of nitrogens with zero attached hydrogens (tertiary/aromatic N) is 1. The lowest BCUT2D eigenvalue weighted by Gasteiger charge is -2.00. The largest absolute Gasteiger partial charge is 0.392 e. The van der Waals surface area contributed by atoms with E-state index in [1.54, 1.807) is 12.3 Å². The van der Waals surface area contributed by atoms with E-state index in [4.69, 9.17) is 5.11 Å². The lowest BCUT2D eigenvalue weighted by Crippen LogP contribution is -1.81. The monoisotopic (exact) mass is 185 g/mol. The van der Waals surface area contributed by atoms with Crippen molar-refractivity contribution in [3.8, 4) is 0 Å². The SMILES string of the molecule is OC/C=C/c1cncc2ccccc12. The fourth-order valence-corrected chi connectivity index (χ4v) is 1.45. The van der Waals surface area contributed by atoms with Crippen LogP contribution in [0.1, 0.15) is 5.56 Å². The Kier molecular flexibility index (Phi) is 2.56. The molecule has 2 rings (SSSR count). The molecule has 0 bridgehead atoms. The lowest BCUT2D eigenvalue weighted by molar-refractivity contribution is 0.343. The van der Waals surface area contributed by atoms with E-state index in [0.717, 1.165) is 16.3 Å². The third-order valence-electron chi connectivity index (χ3n) is 2.10. The summed E-state index contributed by atoms with van der Waals surface area (Å²) in [5.41, 5.74) is 1.04. The maximum Gasteiger partial charge on any atom is 0.0615 e. The summed E-state index contributed by atoms with van der Waals surface area (Å²) in [6.45, 7) is 0.0588. The summed E-state index contributed by atoms with van der Waals surface area (Å²) in [4.78, 5) is 4.13. The minimum Gasteiger partial charge on any atom is -0.392 e. The molecule has 1 heterocycles. The van der Waals surface area contributed by atoms with Gasteiger partial charge < -0.3 is 5.11 Å². The van der Waals surface area contributed by atoms with Gasteiger partial charge in [-0.05, 0) is 5.39 Å². The molecule has 2 nitrogen and oxygen atoms in total. The maximum absolute atomic E-state index is 8.69. The van der Waals surface area contributed by atoms with Crippen molar-refractivity contribution in [3.05, 3.63) is 48.3 Å². The third-order valence-corrected chi connectivity index (χ3v) is 2.10. The van der Waals surface area contributed by atoms with Gasteiger partial charge in [0.25, 0.3) is 0 Å². The van der Waals surface area contributed by atoms with Crippen LogP contribution < -0.4 is 0 Å². The van der Waals surface area contributed by atoms with Crippen molar-refractivity contribution < 1.29 is 5.11 Å². The minimum absolute atomic E-state index is 0.0588. The molecule has 0 saturated carbocycles. The number of aromatic nitrogens is 1. The van der Waals surface area contributed by atoms with E-state index in [9.17, 15) is 0 Å². The van der Waals surface area contributed by atoms with E-state index in [-0.39, 0.29) is 6.61 Å². The Morgan fingerprint density at radius 3 is 2.93 bits per heavy atom. The van der Waals surface area contributed by atoms with Gasteiger partial charge in [0.15, 0.2) is 0 Å². The van der Waals surface area contributed by atoms with Gasteiger partial charge in [0.2, 0.25) is 0 Å². The molecule has 0 aliphatic rings. The fraction of sp³-hybridized carbons (Fsp3) is 0.0833. The molecule has 14 heavy (non-hydrogen) atoms. The predicted molar refractivity (Wildman–Crippen MR) is 57.9 cm³/mol. The first kappa shape index (κ1) is 8.91. The molecule has 0 amide bonds. The number of fused-ring (bicyclic) bond motifs is 1. The van der Waals surface area contributed by atoms with E-state index >= 15 is 0 Å². The second kappa shape index (κ2) is 4.03. The lowest BCUT2D eigenvalue weighted by atomic mass is 10.1. The van der Waals surface area contributed by atoms with Crippen LogP contribution in [0.4, 0.5) is 0 Å². The Bertz CT molecular complexity index is 457. The van der Waals surface area contributed by atoms with Crippen molar-refractivity contribution in [2.75, 3.05) is 6.61 Å². The van der Waals surface area contributed by atoms with Crippen molar-refractivity contribution in [2.45, 2.75) is 0 Å². The van der Waals surface area contributed by atoms with Crippen LogP contribution in [0.3, 0.4) is 0 Å². The number of benzene rings is 1. The number of hydrogen-bond acceptors (Lipinski definition) is 2. The highest BCUT2D eigenvalue weighted by Crippen LogP contribution is 2.17. The number of pyridine rings is 1. The first-order valence-electron chi connectivity index (χ1n) is 4.52. The van der Waals surface area contributed by atoms with E-state index in [1.807, 2.05) is 36.5 Å². The molecule has 2 heteroatoms. The van der Waals surface area contributed by atoms with Gasteiger partial charge in [-0.25, -0.2) is 0 Å². The number of aliphatic hydroxyl groups excluding tert-OH is 1. The smallest absolute Gasteiger partial charge is 0.0615 e. The average Bonchev–Trinajstić information content (AvgIpc) is 2.26. The Morgan fingerprint density at radius 1 is 1.21 bits per heavy atom. The van der Waals surface area contributed by atoms with Crippen LogP contribution in [-0.2, 0) is 0 Å². The van der Waals surface area contributed by atoms with Crippen LogP contribution in [0.5, 0.6) is 0 Å². The Morgan fingerprint density at radius 2 is 2.07 bits per heavy atom. The zero-order chi connectivity index (χ0) is 9.80. The summed E-state index contributed by atoms with van der Waals surface area (Å²) in [5, 5.41) is 11.0. The Balaban J connectivity index is 2.59. The van der Waals surface area contributed by atoms with Gasteiger partial charge >= 0.3 is 0 Å².